The minimum atomic E-state index is -0.564. The summed E-state index contributed by atoms with van der Waals surface area (Å²) in [5.74, 6) is 1.76. The van der Waals surface area contributed by atoms with Crippen LogP contribution in [0.5, 0.6) is 17.2 Å². The first-order chi connectivity index (χ1) is 13.4. The number of anilines is 2. The standard InChI is InChI=1S/C21H22N2O5/c1-12(2)10-23-16-6-5-15(9-18(16)28-13(3)21(23)25)22-20(24)14-4-7-17-19(8-14)27-11-26-17/h4-9,12-13H,10-11H2,1-3H3,(H,22,24). The van der Waals surface area contributed by atoms with Gasteiger partial charge in [-0.1, -0.05) is 13.8 Å². The summed E-state index contributed by atoms with van der Waals surface area (Å²) in [7, 11) is 0. The minimum absolute atomic E-state index is 0.0571. The minimum Gasteiger partial charge on any atom is -0.479 e. The topological polar surface area (TPSA) is 77.1 Å². The van der Waals surface area contributed by atoms with E-state index in [1.807, 2.05) is 0 Å². The number of hydrogen-bond acceptors (Lipinski definition) is 5. The summed E-state index contributed by atoms with van der Waals surface area (Å²) in [5, 5.41) is 2.86. The van der Waals surface area contributed by atoms with Gasteiger partial charge in [-0.05, 0) is 43.2 Å². The first-order valence-electron chi connectivity index (χ1n) is 9.25. The summed E-state index contributed by atoms with van der Waals surface area (Å²) in [5.41, 5.74) is 1.78. The molecule has 7 nitrogen and oxygen atoms in total. The smallest absolute Gasteiger partial charge is 0.267 e. The van der Waals surface area contributed by atoms with Gasteiger partial charge in [0.1, 0.15) is 5.75 Å². The number of benzene rings is 2. The van der Waals surface area contributed by atoms with Gasteiger partial charge in [0, 0.05) is 23.9 Å². The van der Waals surface area contributed by atoms with Crippen LogP contribution in [0.2, 0.25) is 0 Å². The average Bonchev–Trinajstić information content (AvgIpc) is 3.12. The molecule has 2 aliphatic heterocycles. The van der Waals surface area contributed by atoms with Gasteiger partial charge in [-0.2, -0.15) is 0 Å². The highest BCUT2D eigenvalue weighted by molar-refractivity contribution is 6.05. The molecule has 0 saturated heterocycles. The maximum Gasteiger partial charge on any atom is 0.267 e. The third-order valence-corrected chi connectivity index (χ3v) is 4.61. The third kappa shape index (κ3) is 3.35. The van der Waals surface area contributed by atoms with Gasteiger partial charge in [-0.15, -0.1) is 0 Å². The molecular formula is C21H22N2O5. The Kier molecular flexibility index (Phi) is 4.58. The molecule has 2 heterocycles. The second-order valence-corrected chi connectivity index (χ2v) is 7.31. The Labute approximate surface area is 163 Å². The zero-order valence-electron chi connectivity index (χ0n) is 16.0. The van der Waals surface area contributed by atoms with Crippen LogP contribution < -0.4 is 24.4 Å². The molecule has 0 radical (unpaired) electrons. The fraction of sp³-hybridized carbons (Fsp3) is 0.333. The van der Waals surface area contributed by atoms with E-state index in [-0.39, 0.29) is 18.6 Å². The van der Waals surface area contributed by atoms with E-state index >= 15 is 0 Å². The van der Waals surface area contributed by atoms with Crippen LogP contribution in [0.4, 0.5) is 11.4 Å². The van der Waals surface area contributed by atoms with E-state index in [4.69, 9.17) is 14.2 Å². The van der Waals surface area contributed by atoms with Crippen molar-refractivity contribution in [1.82, 2.24) is 0 Å². The first kappa shape index (κ1) is 18.2. The Bertz CT molecular complexity index is 940. The Hall–Kier alpha value is -3.22. The van der Waals surface area contributed by atoms with Gasteiger partial charge >= 0.3 is 0 Å². The quantitative estimate of drug-likeness (QED) is 0.877. The largest absolute Gasteiger partial charge is 0.479 e. The van der Waals surface area contributed by atoms with Crippen molar-refractivity contribution in [2.75, 3.05) is 23.6 Å². The van der Waals surface area contributed by atoms with Crippen LogP contribution in [0, 0.1) is 5.92 Å². The summed E-state index contributed by atoms with van der Waals surface area (Å²) in [6.45, 7) is 6.63. The fourth-order valence-corrected chi connectivity index (χ4v) is 3.28. The molecule has 2 aliphatic rings. The zero-order chi connectivity index (χ0) is 19.8. The summed E-state index contributed by atoms with van der Waals surface area (Å²) in [6.07, 6.45) is -0.564. The van der Waals surface area contributed by atoms with Crippen molar-refractivity contribution >= 4 is 23.2 Å². The normalized spacial score (nSPS) is 17.4. The Morgan fingerprint density at radius 3 is 2.71 bits per heavy atom. The highest BCUT2D eigenvalue weighted by Crippen LogP contribution is 2.37. The molecule has 4 rings (SSSR count). The molecule has 2 aromatic carbocycles. The number of rotatable bonds is 4. The summed E-state index contributed by atoms with van der Waals surface area (Å²) >= 11 is 0. The number of amides is 2. The van der Waals surface area contributed by atoms with Crippen molar-refractivity contribution in [3.63, 3.8) is 0 Å². The highest BCUT2D eigenvalue weighted by Gasteiger charge is 2.32. The molecule has 0 saturated carbocycles. The van der Waals surface area contributed by atoms with Crippen LogP contribution in [0.15, 0.2) is 36.4 Å². The molecule has 1 unspecified atom stereocenters. The Balaban J connectivity index is 1.56. The lowest BCUT2D eigenvalue weighted by Crippen LogP contribution is -2.46. The SMILES string of the molecule is CC(C)CN1C(=O)C(C)Oc2cc(NC(=O)c3ccc4c(c3)OCO4)ccc21. The Morgan fingerprint density at radius 2 is 1.93 bits per heavy atom. The van der Waals surface area contributed by atoms with Crippen molar-refractivity contribution in [3.05, 3.63) is 42.0 Å². The molecule has 0 spiro atoms. The van der Waals surface area contributed by atoms with Crippen LogP contribution in [-0.2, 0) is 4.79 Å². The lowest BCUT2D eigenvalue weighted by Gasteiger charge is -2.34. The van der Waals surface area contributed by atoms with E-state index < -0.39 is 6.10 Å². The van der Waals surface area contributed by atoms with E-state index in [2.05, 4.69) is 19.2 Å². The number of ether oxygens (including phenoxy) is 3. The zero-order valence-corrected chi connectivity index (χ0v) is 16.0. The molecular weight excluding hydrogens is 360 g/mol. The van der Waals surface area contributed by atoms with Gasteiger partial charge in [0.2, 0.25) is 6.79 Å². The highest BCUT2D eigenvalue weighted by atomic mass is 16.7. The second kappa shape index (κ2) is 7.07. The van der Waals surface area contributed by atoms with Crippen molar-refractivity contribution in [3.8, 4) is 17.2 Å². The first-order valence-corrected chi connectivity index (χ1v) is 9.25. The second-order valence-electron chi connectivity index (χ2n) is 7.31. The van der Waals surface area contributed by atoms with Crippen LogP contribution >= 0.6 is 0 Å². The molecule has 2 amide bonds. The predicted octanol–water partition coefficient (Wildman–Crippen LogP) is 3.44. The number of fused-ring (bicyclic) bond motifs is 2. The molecule has 0 fully saturated rings. The van der Waals surface area contributed by atoms with Crippen LogP contribution in [-0.4, -0.2) is 31.3 Å². The fourth-order valence-electron chi connectivity index (χ4n) is 3.28. The molecule has 28 heavy (non-hydrogen) atoms. The van der Waals surface area contributed by atoms with Gasteiger partial charge in [0.05, 0.1) is 5.69 Å². The molecule has 1 atom stereocenters. The maximum atomic E-state index is 12.6. The Morgan fingerprint density at radius 1 is 1.14 bits per heavy atom. The molecule has 2 aromatic rings. The number of hydrogen-bond donors (Lipinski definition) is 1. The van der Waals surface area contributed by atoms with Gasteiger partial charge in [0.15, 0.2) is 17.6 Å². The van der Waals surface area contributed by atoms with Crippen molar-refractivity contribution in [1.29, 1.82) is 0 Å². The van der Waals surface area contributed by atoms with Crippen LogP contribution in [0.3, 0.4) is 0 Å². The van der Waals surface area contributed by atoms with E-state index in [0.29, 0.717) is 41.0 Å². The lowest BCUT2D eigenvalue weighted by atomic mass is 10.1. The van der Waals surface area contributed by atoms with Gasteiger partial charge in [0.25, 0.3) is 11.8 Å². The molecule has 7 heteroatoms. The average molecular weight is 382 g/mol. The van der Waals surface area contributed by atoms with Gasteiger partial charge in [-0.25, -0.2) is 0 Å². The van der Waals surface area contributed by atoms with Crippen molar-refractivity contribution in [2.45, 2.75) is 26.9 Å². The molecule has 0 aliphatic carbocycles. The molecule has 0 aromatic heterocycles. The van der Waals surface area contributed by atoms with E-state index in [9.17, 15) is 9.59 Å². The number of nitrogens with one attached hydrogen (secondary N) is 1. The lowest BCUT2D eigenvalue weighted by molar-refractivity contribution is -0.125. The third-order valence-electron chi connectivity index (χ3n) is 4.61. The van der Waals surface area contributed by atoms with Crippen molar-refractivity contribution < 1.29 is 23.8 Å². The molecule has 0 bridgehead atoms. The van der Waals surface area contributed by atoms with Crippen LogP contribution in [0.1, 0.15) is 31.1 Å². The van der Waals surface area contributed by atoms with Crippen molar-refractivity contribution in [2.24, 2.45) is 5.92 Å². The predicted molar refractivity (Wildman–Crippen MR) is 104 cm³/mol. The summed E-state index contributed by atoms with van der Waals surface area (Å²) in [6, 6.07) is 10.4. The number of carbonyl (C=O) groups is 2. The monoisotopic (exact) mass is 382 g/mol. The van der Waals surface area contributed by atoms with Gasteiger partial charge in [-0.3, -0.25) is 9.59 Å². The molecule has 1 N–H and O–H groups in total. The number of nitrogens with zero attached hydrogens (tertiary/aromatic N) is 1. The molecule has 146 valence electrons. The van der Waals surface area contributed by atoms with E-state index in [1.165, 1.54) is 0 Å². The van der Waals surface area contributed by atoms with Crippen LogP contribution in [0.25, 0.3) is 0 Å². The summed E-state index contributed by atoms with van der Waals surface area (Å²) < 4.78 is 16.4. The van der Waals surface area contributed by atoms with Gasteiger partial charge < -0.3 is 24.4 Å². The number of carbonyl (C=O) groups excluding carboxylic acids is 2. The van der Waals surface area contributed by atoms with E-state index in [1.54, 1.807) is 48.2 Å². The maximum absolute atomic E-state index is 12.6. The summed E-state index contributed by atoms with van der Waals surface area (Å²) in [4.78, 5) is 26.8. The van der Waals surface area contributed by atoms with E-state index in [0.717, 1.165) is 5.69 Å².